The first kappa shape index (κ1) is 19.2. The molecule has 4 heteroatoms. The molecular weight excluding hydrogens is 507 g/mol. The lowest BCUT2D eigenvalue weighted by atomic mass is 10.0. The summed E-state index contributed by atoms with van der Waals surface area (Å²) in [7, 11) is 0. The molecule has 0 bridgehead atoms. The molecule has 0 aliphatic heterocycles. The molecule has 2 aromatic heterocycles. The highest BCUT2D eigenvalue weighted by molar-refractivity contribution is 14.1. The number of fused-ring (bicyclic) bond motifs is 3. The van der Waals surface area contributed by atoms with Gasteiger partial charge in [-0.15, -0.1) is 0 Å². The van der Waals surface area contributed by atoms with E-state index < -0.39 is 0 Å². The van der Waals surface area contributed by atoms with Crippen molar-refractivity contribution >= 4 is 44.5 Å². The molecule has 32 heavy (non-hydrogen) atoms. The second-order valence-corrected chi connectivity index (χ2v) is 8.73. The lowest BCUT2D eigenvalue weighted by Gasteiger charge is -2.07. The van der Waals surface area contributed by atoms with E-state index in [1.165, 1.54) is 0 Å². The van der Waals surface area contributed by atoms with Gasteiger partial charge in [0.05, 0.1) is 5.69 Å². The Balaban J connectivity index is 1.42. The molecule has 6 aromatic rings. The maximum atomic E-state index is 6.21. The highest BCUT2D eigenvalue weighted by atomic mass is 127. The second-order valence-electron chi connectivity index (χ2n) is 7.62. The molecule has 2 heterocycles. The first-order valence-corrected chi connectivity index (χ1v) is 11.5. The number of hydrogen-bond acceptors (Lipinski definition) is 3. The third-order valence-corrected chi connectivity index (χ3v) is 6.18. The van der Waals surface area contributed by atoms with Gasteiger partial charge in [-0.3, -0.25) is 0 Å². The highest BCUT2D eigenvalue weighted by Crippen LogP contribution is 2.36. The standard InChI is InChI=1S/C28H17IN2O/c29-26-17-24(19-7-2-1-3-8-19)30-28(31-26)20-15-13-18(14-16-20)21-10-6-11-23-22-9-4-5-12-25(22)32-27(21)23/h1-17H. The van der Waals surface area contributed by atoms with Crippen LogP contribution in [0.2, 0.25) is 0 Å². The van der Waals surface area contributed by atoms with Crippen LogP contribution in [0.5, 0.6) is 0 Å². The SMILES string of the molecule is Ic1cc(-c2ccccc2)nc(-c2ccc(-c3cccc4c3oc3ccccc34)cc2)n1. The van der Waals surface area contributed by atoms with Gasteiger partial charge in [-0.1, -0.05) is 91.0 Å². The van der Waals surface area contributed by atoms with Crippen molar-refractivity contribution < 1.29 is 4.42 Å². The van der Waals surface area contributed by atoms with Gasteiger partial charge in [-0.2, -0.15) is 0 Å². The smallest absolute Gasteiger partial charge is 0.160 e. The predicted molar refractivity (Wildman–Crippen MR) is 138 cm³/mol. The molecule has 0 aliphatic rings. The van der Waals surface area contributed by atoms with Crippen LogP contribution in [0.4, 0.5) is 0 Å². The number of rotatable bonds is 3. The molecule has 4 aromatic carbocycles. The molecule has 3 nitrogen and oxygen atoms in total. The largest absolute Gasteiger partial charge is 0.455 e. The van der Waals surface area contributed by atoms with Crippen molar-refractivity contribution in [1.29, 1.82) is 0 Å². The average Bonchev–Trinajstić information content (AvgIpc) is 3.23. The summed E-state index contributed by atoms with van der Waals surface area (Å²) >= 11 is 2.25. The molecule has 0 spiro atoms. The zero-order chi connectivity index (χ0) is 21.5. The summed E-state index contributed by atoms with van der Waals surface area (Å²) in [5.41, 5.74) is 7.01. The van der Waals surface area contributed by atoms with Gasteiger partial charge in [0.2, 0.25) is 0 Å². The number of para-hydroxylation sites is 2. The van der Waals surface area contributed by atoms with E-state index in [4.69, 9.17) is 9.40 Å². The lowest BCUT2D eigenvalue weighted by molar-refractivity contribution is 0.670. The van der Waals surface area contributed by atoms with Crippen molar-refractivity contribution in [2.45, 2.75) is 0 Å². The Hall–Kier alpha value is -3.51. The minimum absolute atomic E-state index is 0.726. The molecule has 0 fully saturated rings. The molecular formula is C28H17IN2O. The maximum absolute atomic E-state index is 6.21. The molecule has 0 amide bonds. The monoisotopic (exact) mass is 524 g/mol. The van der Waals surface area contributed by atoms with Crippen molar-refractivity contribution in [3.8, 4) is 33.8 Å². The van der Waals surface area contributed by atoms with Gasteiger partial charge in [0, 0.05) is 27.5 Å². The Morgan fingerprint density at radius 1 is 0.594 bits per heavy atom. The van der Waals surface area contributed by atoms with Crippen LogP contribution in [0.25, 0.3) is 55.7 Å². The number of benzene rings is 4. The number of halogens is 1. The fourth-order valence-corrected chi connectivity index (χ4v) is 4.60. The summed E-state index contributed by atoms with van der Waals surface area (Å²) in [6, 6.07) is 35.1. The Kier molecular flexibility index (Phi) is 4.72. The van der Waals surface area contributed by atoms with E-state index >= 15 is 0 Å². The van der Waals surface area contributed by atoms with Crippen LogP contribution in [-0.2, 0) is 0 Å². The summed E-state index contributed by atoms with van der Waals surface area (Å²) in [4.78, 5) is 9.49. The average molecular weight is 524 g/mol. The van der Waals surface area contributed by atoms with Crippen molar-refractivity contribution in [2.24, 2.45) is 0 Å². The normalized spacial score (nSPS) is 11.3. The van der Waals surface area contributed by atoms with Crippen LogP contribution >= 0.6 is 22.6 Å². The summed E-state index contributed by atoms with van der Waals surface area (Å²) < 4.78 is 7.13. The minimum Gasteiger partial charge on any atom is -0.455 e. The van der Waals surface area contributed by atoms with Crippen LogP contribution in [0.15, 0.2) is 108 Å². The number of furan rings is 1. The van der Waals surface area contributed by atoms with E-state index in [0.29, 0.717) is 0 Å². The zero-order valence-corrected chi connectivity index (χ0v) is 19.2. The molecule has 0 atom stereocenters. The molecule has 0 saturated carbocycles. The van der Waals surface area contributed by atoms with Crippen LogP contribution < -0.4 is 0 Å². The zero-order valence-electron chi connectivity index (χ0n) is 17.0. The quantitative estimate of drug-likeness (QED) is 0.174. The van der Waals surface area contributed by atoms with E-state index in [2.05, 4.69) is 88.2 Å². The summed E-state index contributed by atoms with van der Waals surface area (Å²) in [6.07, 6.45) is 0. The summed E-state index contributed by atoms with van der Waals surface area (Å²) in [5, 5.41) is 2.28. The van der Waals surface area contributed by atoms with Gasteiger partial charge in [0.25, 0.3) is 0 Å². The number of aromatic nitrogens is 2. The Bertz CT molecular complexity index is 1570. The molecule has 0 N–H and O–H groups in total. The van der Waals surface area contributed by atoms with Gasteiger partial charge in [-0.25, -0.2) is 9.97 Å². The Labute approximate surface area is 198 Å². The topological polar surface area (TPSA) is 38.9 Å². The van der Waals surface area contributed by atoms with Crippen LogP contribution in [0.3, 0.4) is 0 Å². The van der Waals surface area contributed by atoms with E-state index in [1.54, 1.807) is 0 Å². The van der Waals surface area contributed by atoms with Gasteiger partial charge in [0.15, 0.2) is 5.82 Å². The van der Waals surface area contributed by atoms with E-state index in [1.807, 2.05) is 42.5 Å². The van der Waals surface area contributed by atoms with Crippen LogP contribution in [0, 0.1) is 3.70 Å². The summed E-state index contributed by atoms with van der Waals surface area (Å²) in [6.45, 7) is 0. The first-order valence-electron chi connectivity index (χ1n) is 10.4. The third-order valence-electron chi connectivity index (χ3n) is 5.62. The minimum atomic E-state index is 0.726. The van der Waals surface area contributed by atoms with Gasteiger partial charge >= 0.3 is 0 Å². The molecule has 0 unspecified atom stereocenters. The molecule has 0 aliphatic carbocycles. The highest BCUT2D eigenvalue weighted by Gasteiger charge is 2.13. The molecule has 0 radical (unpaired) electrons. The van der Waals surface area contributed by atoms with Gasteiger partial charge < -0.3 is 4.42 Å². The fourth-order valence-electron chi connectivity index (χ4n) is 4.08. The number of hydrogen-bond donors (Lipinski definition) is 0. The van der Waals surface area contributed by atoms with Gasteiger partial charge in [0.1, 0.15) is 14.9 Å². The maximum Gasteiger partial charge on any atom is 0.160 e. The lowest BCUT2D eigenvalue weighted by Crippen LogP contribution is -1.95. The number of nitrogens with zero attached hydrogens (tertiary/aromatic N) is 2. The van der Waals surface area contributed by atoms with Crippen molar-refractivity contribution in [3.63, 3.8) is 0 Å². The van der Waals surface area contributed by atoms with E-state index in [0.717, 1.165) is 59.4 Å². The van der Waals surface area contributed by atoms with E-state index in [-0.39, 0.29) is 0 Å². The Morgan fingerprint density at radius 2 is 1.31 bits per heavy atom. The second kappa shape index (κ2) is 7.88. The first-order chi connectivity index (χ1) is 15.8. The summed E-state index contributed by atoms with van der Waals surface area (Å²) in [5.74, 6) is 0.726. The third kappa shape index (κ3) is 3.37. The molecule has 0 saturated heterocycles. The fraction of sp³-hybridized carbons (Fsp3) is 0. The molecule has 152 valence electrons. The van der Waals surface area contributed by atoms with Crippen LogP contribution in [-0.4, -0.2) is 9.97 Å². The molecule has 6 rings (SSSR count). The van der Waals surface area contributed by atoms with Gasteiger partial charge in [-0.05, 0) is 40.3 Å². The van der Waals surface area contributed by atoms with Crippen molar-refractivity contribution in [2.75, 3.05) is 0 Å². The predicted octanol–water partition coefficient (Wildman–Crippen LogP) is 7.98. The van der Waals surface area contributed by atoms with Crippen molar-refractivity contribution in [3.05, 3.63) is 107 Å². The Morgan fingerprint density at radius 3 is 2.16 bits per heavy atom. The van der Waals surface area contributed by atoms with Crippen LogP contribution in [0.1, 0.15) is 0 Å². The van der Waals surface area contributed by atoms with Crippen molar-refractivity contribution in [1.82, 2.24) is 9.97 Å². The van der Waals surface area contributed by atoms with E-state index in [9.17, 15) is 0 Å².